The number of piperidine rings is 1. The molecule has 1 amide bonds. The van der Waals surface area contributed by atoms with Crippen molar-refractivity contribution in [3.8, 4) is 5.88 Å². The summed E-state index contributed by atoms with van der Waals surface area (Å²) in [6.45, 7) is 4.77. The number of aryl methyl sites for hydroxylation is 1. The number of likely N-dealkylation sites (tertiary alicyclic amines) is 1. The van der Waals surface area contributed by atoms with Crippen molar-refractivity contribution in [2.24, 2.45) is 13.0 Å². The molecule has 4 heterocycles. The highest BCUT2D eigenvalue weighted by atomic mass is 16.5. The highest BCUT2D eigenvalue weighted by Crippen LogP contribution is 2.65. The summed E-state index contributed by atoms with van der Waals surface area (Å²) in [5, 5.41) is 7.73. The Labute approximate surface area is 196 Å². The van der Waals surface area contributed by atoms with E-state index in [4.69, 9.17) is 9.72 Å². The summed E-state index contributed by atoms with van der Waals surface area (Å²) in [4.78, 5) is 32.6. The maximum Gasteiger partial charge on any atom is 0.334 e. The van der Waals surface area contributed by atoms with Crippen LogP contribution >= 0.6 is 0 Å². The first-order valence-corrected chi connectivity index (χ1v) is 11.8. The number of aromatic nitrogens is 5. The highest BCUT2D eigenvalue weighted by Gasteiger charge is 2.59. The van der Waals surface area contributed by atoms with Crippen molar-refractivity contribution in [3.63, 3.8) is 0 Å². The summed E-state index contributed by atoms with van der Waals surface area (Å²) in [5.41, 5.74) is 2.97. The van der Waals surface area contributed by atoms with Gasteiger partial charge in [-0.2, -0.15) is 0 Å². The second-order valence-electron chi connectivity index (χ2n) is 9.93. The van der Waals surface area contributed by atoms with Crippen LogP contribution < -0.4 is 15.7 Å². The number of imidazole rings is 1. The Morgan fingerprint density at radius 3 is 2.76 bits per heavy atom. The number of carbonyl (C=O) groups is 1. The number of nitrogens with zero attached hydrogens (tertiary/aromatic N) is 6. The Bertz CT molecular complexity index is 1350. The molecule has 178 valence electrons. The second kappa shape index (κ2) is 7.48. The van der Waals surface area contributed by atoms with Crippen molar-refractivity contribution < 1.29 is 9.53 Å². The smallest absolute Gasteiger partial charge is 0.334 e. The molecule has 3 aliphatic carbocycles. The standard InChI is InChI=1S/C24H29N7O3/c1-4-20(32)29-7-5-6-16(12-29)30-14-17(26-18-13-28(2)27-22(18)34-3)21-25-11-19(31(21)23(30)33)24-8-15(9-24)10-24/h4,11,13-16,26H,1,5-10,12H2,2-3H3. The van der Waals surface area contributed by atoms with Crippen LogP contribution in [0.25, 0.3) is 5.65 Å². The van der Waals surface area contributed by atoms with Crippen molar-refractivity contribution in [3.05, 3.63) is 47.4 Å². The molecule has 1 N–H and O–H groups in total. The Balaban J connectivity index is 1.48. The van der Waals surface area contributed by atoms with Gasteiger partial charge in [-0.25, -0.2) is 14.2 Å². The molecular formula is C24H29N7O3. The van der Waals surface area contributed by atoms with Crippen LogP contribution in [0.15, 0.2) is 36.0 Å². The summed E-state index contributed by atoms with van der Waals surface area (Å²) >= 11 is 0. The van der Waals surface area contributed by atoms with Gasteiger partial charge in [-0.05, 0) is 44.1 Å². The van der Waals surface area contributed by atoms with Crippen molar-refractivity contribution in [2.75, 3.05) is 25.5 Å². The Morgan fingerprint density at radius 2 is 2.09 bits per heavy atom. The van der Waals surface area contributed by atoms with E-state index in [-0.39, 0.29) is 23.1 Å². The highest BCUT2D eigenvalue weighted by molar-refractivity contribution is 5.87. The molecule has 34 heavy (non-hydrogen) atoms. The molecule has 2 bridgehead atoms. The van der Waals surface area contributed by atoms with Gasteiger partial charge in [0.15, 0.2) is 5.65 Å². The van der Waals surface area contributed by atoms with Crippen LogP contribution in [-0.2, 0) is 17.3 Å². The lowest BCUT2D eigenvalue weighted by atomic mass is 9.43. The fourth-order valence-electron chi connectivity index (χ4n) is 5.98. The largest absolute Gasteiger partial charge is 0.478 e. The fraction of sp³-hybridized carbons (Fsp3) is 0.500. The molecule has 1 saturated heterocycles. The molecule has 4 fully saturated rings. The topological polar surface area (TPSA) is 98.7 Å². The van der Waals surface area contributed by atoms with Crippen molar-refractivity contribution >= 4 is 22.9 Å². The maximum atomic E-state index is 13.9. The van der Waals surface area contributed by atoms with Gasteiger partial charge in [0.25, 0.3) is 5.88 Å². The van der Waals surface area contributed by atoms with Gasteiger partial charge in [-0.3, -0.25) is 14.0 Å². The number of hydrogen-bond acceptors (Lipinski definition) is 6. The van der Waals surface area contributed by atoms with Crippen LogP contribution in [-0.4, -0.2) is 54.7 Å². The van der Waals surface area contributed by atoms with Crippen LogP contribution in [0.3, 0.4) is 0 Å². The Morgan fingerprint density at radius 1 is 1.29 bits per heavy atom. The van der Waals surface area contributed by atoms with Crippen molar-refractivity contribution in [1.82, 2.24) is 28.6 Å². The third-order valence-electron chi connectivity index (χ3n) is 7.80. The van der Waals surface area contributed by atoms with E-state index >= 15 is 0 Å². The van der Waals surface area contributed by atoms with Gasteiger partial charge in [0.2, 0.25) is 5.91 Å². The second-order valence-corrected chi connectivity index (χ2v) is 9.93. The summed E-state index contributed by atoms with van der Waals surface area (Å²) in [6.07, 6.45) is 11.9. The van der Waals surface area contributed by atoms with Gasteiger partial charge in [-0.15, -0.1) is 5.10 Å². The number of carbonyl (C=O) groups excluding carboxylic acids is 1. The zero-order chi connectivity index (χ0) is 23.6. The molecule has 0 aromatic carbocycles. The molecule has 0 radical (unpaired) electrons. The van der Waals surface area contributed by atoms with Gasteiger partial charge in [0.05, 0.1) is 36.9 Å². The molecule has 1 atom stereocenters. The van der Waals surface area contributed by atoms with Crippen LogP contribution in [0.1, 0.15) is 43.8 Å². The molecular weight excluding hydrogens is 434 g/mol. The summed E-state index contributed by atoms with van der Waals surface area (Å²) < 4.78 is 10.7. The molecule has 3 aromatic rings. The lowest BCUT2D eigenvalue weighted by Gasteiger charge is -2.61. The first kappa shape index (κ1) is 21.0. The van der Waals surface area contributed by atoms with E-state index in [0.717, 1.165) is 43.7 Å². The third kappa shape index (κ3) is 3.00. The van der Waals surface area contributed by atoms with E-state index in [1.807, 2.05) is 25.6 Å². The SMILES string of the molecule is C=CC(=O)N1CCCC(n2cc(Nc3cn(C)nc3OC)c3ncc(C45CC(C4)C5)n3c2=O)C1. The lowest BCUT2D eigenvalue weighted by Crippen LogP contribution is -2.56. The molecule has 4 aliphatic rings. The molecule has 7 rings (SSSR count). The minimum absolute atomic E-state index is 0.0725. The zero-order valence-corrected chi connectivity index (χ0v) is 19.5. The molecule has 0 spiro atoms. The van der Waals surface area contributed by atoms with E-state index < -0.39 is 0 Å². The van der Waals surface area contributed by atoms with Crippen LogP contribution in [0.5, 0.6) is 5.88 Å². The predicted octanol–water partition coefficient (Wildman–Crippen LogP) is 2.38. The molecule has 1 aliphatic heterocycles. The number of fused-ring (bicyclic) bond motifs is 1. The van der Waals surface area contributed by atoms with Gasteiger partial charge in [0.1, 0.15) is 5.69 Å². The summed E-state index contributed by atoms with van der Waals surface area (Å²) in [5.74, 6) is 1.14. The number of anilines is 2. The monoisotopic (exact) mass is 463 g/mol. The van der Waals surface area contributed by atoms with Crippen molar-refractivity contribution in [2.45, 2.75) is 43.6 Å². The van der Waals surface area contributed by atoms with Crippen LogP contribution in [0.4, 0.5) is 11.4 Å². The molecule has 3 aromatic heterocycles. The van der Waals surface area contributed by atoms with E-state index in [9.17, 15) is 9.59 Å². The van der Waals surface area contributed by atoms with Gasteiger partial charge in [0, 0.05) is 31.7 Å². The first-order valence-electron chi connectivity index (χ1n) is 11.8. The summed E-state index contributed by atoms with van der Waals surface area (Å²) in [7, 11) is 3.40. The van der Waals surface area contributed by atoms with E-state index in [0.29, 0.717) is 36.0 Å². The van der Waals surface area contributed by atoms with Gasteiger partial charge in [-0.1, -0.05) is 6.58 Å². The zero-order valence-electron chi connectivity index (χ0n) is 19.5. The molecule has 10 nitrogen and oxygen atoms in total. The Kier molecular flexibility index (Phi) is 4.62. The minimum atomic E-state index is -0.130. The Hall–Kier alpha value is -3.56. The molecule has 10 heteroatoms. The average Bonchev–Trinajstić information content (AvgIpc) is 3.37. The fourth-order valence-corrected chi connectivity index (χ4v) is 5.98. The number of amides is 1. The summed E-state index contributed by atoms with van der Waals surface area (Å²) in [6, 6.07) is -0.130. The molecule has 1 unspecified atom stereocenters. The minimum Gasteiger partial charge on any atom is -0.478 e. The van der Waals surface area contributed by atoms with Gasteiger partial charge < -0.3 is 15.0 Å². The lowest BCUT2D eigenvalue weighted by molar-refractivity contribution is -0.127. The average molecular weight is 464 g/mol. The maximum absolute atomic E-state index is 13.9. The van der Waals surface area contributed by atoms with E-state index in [1.165, 1.54) is 6.08 Å². The number of ether oxygens (including phenoxy) is 1. The van der Waals surface area contributed by atoms with Crippen LogP contribution in [0.2, 0.25) is 0 Å². The van der Waals surface area contributed by atoms with Crippen LogP contribution in [0, 0.1) is 5.92 Å². The number of methoxy groups -OCH3 is 1. The normalized spacial score (nSPS) is 25.5. The van der Waals surface area contributed by atoms with Gasteiger partial charge >= 0.3 is 5.69 Å². The van der Waals surface area contributed by atoms with E-state index in [1.54, 1.807) is 25.7 Å². The number of nitrogens with one attached hydrogen (secondary N) is 1. The number of rotatable bonds is 6. The molecule has 3 saturated carbocycles. The van der Waals surface area contributed by atoms with Crippen molar-refractivity contribution in [1.29, 1.82) is 0 Å². The third-order valence-corrected chi connectivity index (χ3v) is 7.80. The quantitative estimate of drug-likeness (QED) is 0.564. The van der Waals surface area contributed by atoms with E-state index in [2.05, 4.69) is 17.0 Å². The number of hydrogen-bond donors (Lipinski definition) is 1. The first-order chi connectivity index (χ1) is 16.4. The predicted molar refractivity (Wildman–Crippen MR) is 127 cm³/mol.